The van der Waals surface area contributed by atoms with E-state index in [1.165, 1.54) is 11.3 Å². The zero-order valence-corrected chi connectivity index (χ0v) is 11.1. The molecule has 0 bridgehead atoms. The lowest BCUT2D eigenvalue weighted by Gasteiger charge is -2.12. The van der Waals surface area contributed by atoms with Crippen LogP contribution in [0.2, 0.25) is 0 Å². The lowest BCUT2D eigenvalue weighted by molar-refractivity contribution is 0.715. The third-order valence-corrected chi connectivity index (χ3v) is 2.89. The van der Waals surface area contributed by atoms with Gasteiger partial charge in [0, 0.05) is 43.3 Å². The van der Waals surface area contributed by atoms with Crippen molar-refractivity contribution < 1.29 is 0 Å². The third kappa shape index (κ3) is 2.76. The van der Waals surface area contributed by atoms with Crippen molar-refractivity contribution in [2.45, 2.75) is 33.2 Å². The van der Waals surface area contributed by atoms with Gasteiger partial charge < -0.3 is 9.88 Å². The summed E-state index contributed by atoms with van der Waals surface area (Å²) in [5.41, 5.74) is 2.38. The Balaban J connectivity index is 2.33. The van der Waals surface area contributed by atoms with Gasteiger partial charge in [-0.1, -0.05) is 13.8 Å². The van der Waals surface area contributed by atoms with Crippen LogP contribution in [0.1, 0.15) is 31.7 Å². The average molecular weight is 244 g/mol. The molecule has 0 spiro atoms. The van der Waals surface area contributed by atoms with E-state index < -0.39 is 0 Å². The molecule has 0 saturated carbocycles. The maximum atomic E-state index is 4.43. The van der Waals surface area contributed by atoms with Gasteiger partial charge in [-0.05, 0) is 19.0 Å². The summed E-state index contributed by atoms with van der Waals surface area (Å²) in [6, 6.07) is 2.05. The van der Waals surface area contributed by atoms with E-state index in [-0.39, 0.29) is 0 Å². The van der Waals surface area contributed by atoms with Crippen LogP contribution >= 0.6 is 0 Å². The van der Waals surface area contributed by atoms with E-state index in [0.29, 0.717) is 0 Å². The molecular formula is C14H20N4. The van der Waals surface area contributed by atoms with Crippen LogP contribution in [0.25, 0.3) is 5.69 Å². The summed E-state index contributed by atoms with van der Waals surface area (Å²) in [6.07, 6.45) is 9.74. The second-order valence-electron chi connectivity index (χ2n) is 4.25. The summed E-state index contributed by atoms with van der Waals surface area (Å²) in [4.78, 5) is 8.64. The minimum Gasteiger partial charge on any atom is -0.313 e. The van der Waals surface area contributed by atoms with Crippen LogP contribution in [0.15, 0.2) is 30.9 Å². The van der Waals surface area contributed by atoms with Crippen molar-refractivity contribution in [2.24, 2.45) is 0 Å². The monoisotopic (exact) mass is 244 g/mol. The Morgan fingerprint density at radius 2 is 2.17 bits per heavy atom. The largest absolute Gasteiger partial charge is 0.313 e. The Morgan fingerprint density at radius 1 is 1.28 bits per heavy atom. The maximum Gasteiger partial charge on any atom is 0.113 e. The lowest BCUT2D eigenvalue weighted by Crippen LogP contribution is -2.14. The lowest BCUT2D eigenvalue weighted by atomic mass is 10.2. The van der Waals surface area contributed by atoms with E-state index in [4.69, 9.17) is 0 Å². The van der Waals surface area contributed by atoms with Crippen LogP contribution in [-0.4, -0.2) is 21.1 Å². The van der Waals surface area contributed by atoms with Crippen LogP contribution in [-0.2, 0) is 13.0 Å². The Hall–Kier alpha value is -1.68. The second kappa shape index (κ2) is 6.31. The molecule has 0 unspecified atom stereocenters. The molecule has 2 heterocycles. The minimum absolute atomic E-state index is 0.837. The molecular weight excluding hydrogens is 224 g/mol. The van der Waals surface area contributed by atoms with E-state index in [2.05, 4.69) is 33.7 Å². The normalized spacial score (nSPS) is 10.8. The Bertz CT molecular complexity index is 490. The standard InChI is InChI=1S/C14H20N4/c1-3-5-14-17-8-9-18(14)13-6-7-16-11-12(13)10-15-4-2/h6-9,11,15H,3-5,10H2,1-2H3. The van der Waals surface area contributed by atoms with Gasteiger partial charge in [-0.2, -0.15) is 0 Å². The van der Waals surface area contributed by atoms with Crippen LogP contribution in [0.4, 0.5) is 0 Å². The summed E-state index contributed by atoms with van der Waals surface area (Å²) < 4.78 is 2.16. The number of rotatable bonds is 6. The number of aryl methyl sites for hydroxylation is 1. The van der Waals surface area contributed by atoms with Crippen molar-refractivity contribution in [3.63, 3.8) is 0 Å². The van der Waals surface area contributed by atoms with Crippen molar-refractivity contribution in [2.75, 3.05) is 6.54 Å². The van der Waals surface area contributed by atoms with E-state index in [9.17, 15) is 0 Å². The van der Waals surface area contributed by atoms with E-state index in [0.717, 1.165) is 31.8 Å². The molecule has 0 amide bonds. The summed E-state index contributed by atoms with van der Waals surface area (Å²) in [6.45, 7) is 6.07. The number of pyridine rings is 1. The highest BCUT2D eigenvalue weighted by atomic mass is 15.1. The van der Waals surface area contributed by atoms with Crippen molar-refractivity contribution in [3.05, 3.63) is 42.2 Å². The molecule has 0 aliphatic heterocycles. The molecule has 2 rings (SSSR count). The van der Waals surface area contributed by atoms with Crippen molar-refractivity contribution >= 4 is 0 Å². The molecule has 0 aliphatic carbocycles. The minimum atomic E-state index is 0.837. The molecule has 2 aromatic rings. The van der Waals surface area contributed by atoms with Gasteiger partial charge in [-0.15, -0.1) is 0 Å². The SMILES string of the molecule is CCCc1nccn1-c1ccncc1CNCC. The van der Waals surface area contributed by atoms with Crippen LogP contribution in [0.5, 0.6) is 0 Å². The molecule has 4 nitrogen and oxygen atoms in total. The van der Waals surface area contributed by atoms with Crippen LogP contribution in [0.3, 0.4) is 0 Å². The predicted octanol–water partition coefficient (Wildman–Crippen LogP) is 2.33. The fourth-order valence-corrected chi connectivity index (χ4v) is 2.01. The van der Waals surface area contributed by atoms with Gasteiger partial charge >= 0.3 is 0 Å². The molecule has 0 aromatic carbocycles. The highest BCUT2D eigenvalue weighted by Crippen LogP contribution is 2.16. The third-order valence-electron chi connectivity index (χ3n) is 2.89. The number of hydrogen-bond donors (Lipinski definition) is 1. The maximum absolute atomic E-state index is 4.43. The fraction of sp³-hybridized carbons (Fsp3) is 0.429. The fourth-order valence-electron chi connectivity index (χ4n) is 2.01. The number of nitrogens with one attached hydrogen (secondary N) is 1. The first-order valence-electron chi connectivity index (χ1n) is 6.53. The number of imidazole rings is 1. The predicted molar refractivity (Wildman–Crippen MR) is 72.7 cm³/mol. The first-order chi connectivity index (χ1) is 8.86. The van der Waals surface area contributed by atoms with E-state index in [1.807, 2.05) is 30.9 Å². The van der Waals surface area contributed by atoms with Crippen LogP contribution < -0.4 is 5.32 Å². The molecule has 0 fully saturated rings. The van der Waals surface area contributed by atoms with Gasteiger partial charge in [0.2, 0.25) is 0 Å². The van der Waals surface area contributed by atoms with E-state index >= 15 is 0 Å². The molecule has 0 aliphatic rings. The molecule has 18 heavy (non-hydrogen) atoms. The molecule has 1 N–H and O–H groups in total. The Morgan fingerprint density at radius 3 is 2.94 bits per heavy atom. The molecule has 0 atom stereocenters. The topological polar surface area (TPSA) is 42.7 Å². The van der Waals surface area contributed by atoms with Crippen molar-refractivity contribution in [3.8, 4) is 5.69 Å². The zero-order chi connectivity index (χ0) is 12.8. The average Bonchev–Trinajstić information content (AvgIpc) is 2.85. The Kier molecular flexibility index (Phi) is 4.47. The summed E-state index contributed by atoms with van der Waals surface area (Å²) >= 11 is 0. The van der Waals surface area contributed by atoms with E-state index in [1.54, 1.807) is 0 Å². The summed E-state index contributed by atoms with van der Waals surface area (Å²) in [7, 11) is 0. The van der Waals surface area contributed by atoms with Crippen LogP contribution in [0, 0.1) is 0 Å². The zero-order valence-electron chi connectivity index (χ0n) is 11.1. The number of aromatic nitrogens is 3. The highest BCUT2D eigenvalue weighted by molar-refractivity contribution is 5.39. The first kappa shape index (κ1) is 12.8. The van der Waals surface area contributed by atoms with Crippen molar-refractivity contribution in [1.82, 2.24) is 19.9 Å². The molecule has 4 heteroatoms. The highest BCUT2D eigenvalue weighted by Gasteiger charge is 2.08. The van der Waals surface area contributed by atoms with Gasteiger partial charge in [0.05, 0.1) is 5.69 Å². The number of nitrogens with zero attached hydrogens (tertiary/aromatic N) is 3. The molecule has 96 valence electrons. The van der Waals surface area contributed by atoms with Gasteiger partial charge in [0.1, 0.15) is 5.82 Å². The Labute approximate surface area is 108 Å². The molecule has 2 aromatic heterocycles. The van der Waals surface area contributed by atoms with Gasteiger partial charge in [0.15, 0.2) is 0 Å². The first-order valence-corrected chi connectivity index (χ1v) is 6.53. The van der Waals surface area contributed by atoms with Crippen molar-refractivity contribution in [1.29, 1.82) is 0 Å². The smallest absolute Gasteiger partial charge is 0.113 e. The number of hydrogen-bond acceptors (Lipinski definition) is 3. The second-order valence-corrected chi connectivity index (χ2v) is 4.25. The quantitative estimate of drug-likeness (QED) is 0.848. The van der Waals surface area contributed by atoms with Gasteiger partial charge in [0.25, 0.3) is 0 Å². The van der Waals surface area contributed by atoms with Gasteiger partial charge in [-0.3, -0.25) is 4.98 Å². The summed E-state index contributed by atoms with van der Waals surface area (Å²) in [5.74, 6) is 1.11. The summed E-state index contributed by atoms with van der Waals surface area (Å²) in [5, 5.41) is 3.34. The molecule has 0 saturated heterocycles. The van der Waals surface area contributed by atoms with Gasteiger partial charge in [-0.25, -0.2) is 4.98 Å². The molecule has 0 radical (unpaired) electrons.